The maximum atomic E-state index is 11.9. The maximum absolute atomic E-state index is 11.9. The van der Waals surface area contributed by atoms with E-state index in [-0.39, 0.29) is 0 Å². The summed E-state index contributed by atoms with van der Waals surface area (Å²) in [6.45, 7) is 5.27. The van der Waals surface area contributed by atoms with Crippen LogP contribution in [-0.4, -0.2) is 25.4 Å². The zero-order valence-corrected chi connectivity index (χ0v) is 21.4. The van der Waals surface area contributed by atoms with Crippen molar-refractivity contribution in [3.05, 3.63) is 59.7 Å². The van der Waals surface area contributed by atoms with Gasteiger partial charge in [-0.15, -0.1) is 0 Å². The Morgan fingerprint density at radius 1 is 0.571 bits per heavy atom. The van der Waals surface area contributed by atoms with Gasteiger partial charge in [0.2, 0.25) is 0 Å². The number of benzene rings is 2. The van der Waals surface area contributed by atoms with Gasteiger partial charge < -0.3 is 9.47 Å². The van der Waals surface area contributed by atoms with Crippen molar-refractivity contribution in [1.29, 1.82) is 0 Å². The molecular weight excluding hydrogens is 440 g/mol. The lowest BCUT2D eigenvalue weighted by Gasteiger charge is -2.09. The van der Waals surface area contributed by atoms with Gasteiger partial charge in [0, 0.05) is 11.4 Å². The van der Waals surface area contributed by atoms with Crippen molar-refractivity contribution in [2.24, 2.45) is 0 Å². The van der Waals surface area contributed by atoms with Crippen LogP contribution < -0.4 is 10.6 Å². The third kappa shape index (κ3) is 12.9. The van der Waals surface area contributed by atoms with Gasteiger partial charge in [-0.3, -0.25) is 10.6 Å². The van der Waals surface area contributed by atoms with E-state index < -0.39 is 12.2 Å². The van der Waals surface area contributed by atoms with E-state index in [9.17, 15) is 9.59 Å². The van der Waals surface area contributed by atoms with Gasteiger partial charge in [0.1, 0.15) is 0 Å². The highest BCUT2D eigenvalue weighted by molar-refractivity contribution is 5.85. The van der Waals surface area contributed by atoms with Crippen molar-refractivity contribution in [1.82, 2.24) is 0 Å². The number of ether oxygens (including phenoxy) is 2. The number of nitrogens with one attached hydrogen (secondary N) is 2. The van der Waals surface area contributed by atoms with E-state index >= 15 is 0 Å². The predicted octanol–water partition coefficient (Wildman–Crippen LogP) is 8.32. The molecule has 0 heterocycles. The molecule has 2 aromatic rings. The highest BCUT2D eigenvalue weighted by Gasteiger charge is 2.05. The summed E-state index contributed by atoms with van der Waals surface area (Å²) in [6, 6.07) is 15.5. The second-order valence-corrected chi connectivity index (χ2v) is 8.92. The van der Waals surface area contributed by atoms with Crippen LogP contribution in [0.1, 0.15) is 89.2 Å². The van der Waals surface area contributed by atoms with E-state index in [0.29, 0.717) is 24.6 Å². The molecule has 0 bridgehead atoms. The van der Waals surface area contributed by atoms with Gasteiger partial charge in [0.05, 0.1) is 13.2 Å². The molecule has 0 aliphatic heterocycles. The fourth-order valence-corrected chi connectivity index (χ4v) is 3.70. The Balaban J connectivity index is 1.67. The molecule has 2 amide bonds. The number of anilines is 2. The molecule has 2 aromatic carbocycles. The lowest BCUT2D eigenvalue weighted by molar-refractivity contribution is 0.158. The van der Waals surface area contributed by atoms with E-state index in [2.05, 4.69) is 24.5 Å². The lowest BCUT2D eigenvalue weighted by atomic mass is 10.0. The Morgan fingerprint density at radius 2 is 0.943 bits per heavy atom. The summed E-state index contributed by atoms with van der Waals surface area (Å²) in [5, 5.41) is 5.55. The fourth-order valence-electron chi connectivity index (χ4n) is 3.70. The summed E-state index contributed by atoms with van der Waals surface area (Å²) in [6.07, 6.45) is 11.2. The number of amides is 2. The number of unbranched alkanes of at least 4 members (excludes halogenated alkanes) is 8. The van der Waals surface area contributed by atoms with Gasteiger partial charge in [-0.05, 0) is 54.7 Å². The highest BCUT2D eigenvalue weighted by atomic mass is 16.6. The van der Waals surface area contributed by atoms with Crippen LogP contribution in [-0.2, 0) is 15.9 Å². The third-order valence-electron chi connectivity index (χ3n) is 5.77. The first-order valence-electron chi connectivity index (χ1n) is 13.2. The van der Waals surface area contributed by atoms with Crippen LogP contribution in [0.3, 0.4) is 0 Å². The molecule has 192 valence electrons. The summed E-state index contributed by atoms with van der Waals surface area (Å²) in [5.74, 6) is 0. The molecule has 6 nitrogen and oxygen atoms in total. The summed E-state index contributed by atoms with van der Waals surface area (Å²) >= 11 is 0. The van der Waals surface area contributed by atoms with Crippen molar-refractivity contribution >= 4 is 23.6 Å². The summed E-state index contributed by atoms with van der Waals surface area (Å²) in [7, 11) is 0. The number of hydrogen-bond acceptors (Lipinski definition) is 4. The largest absolute Gasteiger partial charge is 0.449 e. The van der Waals surface area contributed by atoms with E-state index in [4.69, 9.17) is 9.47 Å². The third-order valence-corrected chi connectivity index (χ3v) is 5.77. The summed E-state index contributed by atoms with van der Waals surface area (Å²) < 4.78 is 10.5. The zero-order chi connectivity index (χ0) is 25.1. The zero-order valence-electron chi connectivity index (χ0n) is 21.4. The van der Waals surface area contributed by atoms with Crippen molar-refractivity contribution in [3.63, 3.8) is 0 Å². The first-order chi connectivity index (χ1) is 17.1. The second kappa shape index (κ2) is 17.4. The molecule has 0 fully saturated rings. The van der Waals surface area contributed by atoms with E-state index in [0.717, 1.165) is 43.2 Å². The first-order valence-corrected chi connectivity index (χ1v) is 13.2. The van der Waals surface area contributed by atoms with Gasteiger partial charge in [-0.1, -0.05) is 89.5 Å². The van der Waals surface area contributed by atoms with Crippen LogP contribution in [0.2, 0.25) is 0 Å². The molecule has 0 aromatic heterocycles. The number of hydrogen-bond donors (Lipinski definition) is 2. The predicted molar refractivity (Wildman–Crippen MR) is 143 cm³/mol. The average molecular weight is 483 g/mol. The lowest BCUT2D eigenvalue weighted by Crippen LogP contribution is -2.14. The maximum Gasteiger partial charge on any atom is 0.411 e. The molecule has 0 aliphatic carbocycles. The smallest absolute Gasteiger partial charge is 0.411 e. The Labute approximate surface area is 210 Å². The molecule has 0 atom stereocenters. The molecule has 2 rings (SSSR count). The Hall–Kier alpha value is -3.02. The van der Waals surface area contributed by atoms with Gasteiger partial charge in [0.25, 0.3) is 0 Å². The standard InChI is InChI=1S/C29H42N2O4/c1-3-5-7-9-11-21-34-28(32)30-26-17-13-24(14-18-26)23-25-15-19-27(20-16-25)31-29(33)35-22-12-10-8-6-4-2/h13-20H,3-12,21-23H2,1-2H3,(H,30,32)(H,31,33). The van der Waals surface area contributed by atoms with Crippen LogP contribution in [0.25, 0.3) is 0 Å². The normalized spacial score (nSPS) is 10.6. The Kier molecular flexibility index (Phi) is 14.0. The average Bonchev–Trinajstić information content (AvgIpc) is 2.86. The monoisotopic (exact) mass is 482 g/mol. The minimum Gasteiger partial charge on any atom is -0.449 e. The fraction of sp³-hybridized carbons (Fsp3) is 0.517. The SMILES string of the molecule is CCCCCCCOC(=O)Nc1ccc(Cc2ccc(NC(=O)OCCCCCCC)cc2)cc1. The Morgan fingerprint density at radius 3 is 1.31 bits per heavy atom. The van der Waals surface area contributed by atoms with Gasteiger partial charge in [-0.25, -0.2) is 9.59 Å². The number of rotatable bonds is 16. The molecule has 6 heteroatoms. The van der Waals surface area contributed by atoms with Crippen molar-refractivity contribution in [2.75, 3.05) is 23.8 Å². The summed E-state index contributed by atoms with van der Waals surface area (Å²) in [5.41, 5.74) is 3.69. The molecule has 0 spiro atoms. The van der Waals surface area contributed by atoms with Crippen LogP contribution in [0.4, 0.5) is 21.0 Å². The van der Waals surface area contributed by atoms with Gasteiger partial charge in [0.15, 0.2) is 0 Å². The molecule has 2 N–H and O–H groups in total. The molecule has 0 aliphatic rings. The number of carbonyl (C=O) groups excluding carboxylic acids is 2. The minimum atomic E-state index is -0.411. The van der Waals surface area contributed by atoms with Crippen LogP contribution in [0.15, 0.2) is 48.5 Å². The number of carbonyl (C=O) groups is 2. The molecule has 0 unspecified atom stereocenters. The summed E-state index contributed by atoms with van der Waals surface area (Å²) in [4.78, 5) is 23.8. The minimum absolute atomic E-state index is 0.411. The molecule has 0 saturated heterocycles. The van der Waals surface area contributed by atoms with Crippen LogP contribution in [0.5, 0.6) is 0 Å². The Bertz CT molecular complexity index is 778. The highest BCUT2D eigenvalue weighted by Crippen LogP contribution is 2.16. The first kappa shape index (κ1) is 28.2. The molecule has 0 saturated carbocycles. The molecule has 0 radical (unpaired) electrons. The van der Waals surface area contributed by atoms with Crippen LogP contribution in [0, 0.1) is 0 Å². The van der Waals surface area contributed by atoms with Crippen LogP contribution >= 0.6 is 0 Å². The van der Waals surface area contributed by atoms with Crippen molar-refractivity contribution < 1.29 is 19.1 Å². The van der Waals surface area contributed by atoms with Crippen molar-refractivity contribution in [2.45, 2.75) is 84.5 Å². The van der Waals surface area contributed by atoms with E-state index in [1.807, 2.05) is 48.5 Å². The van der Waals surface area contributed by atoms with Gasteiger partial charge in [-0.2, -0.15) is 0 Å². The molecular formula is C29H42N2O4. The van der Waals surface area contributed by atoms with E-state index in [1.54, 1.807) is 0 Å². The van der Waals surface area contributed by atoms with E-state index in [1.165, 1.54) is 38.5 Å². The van der Waals surface area contributed by atoms with Gasteiger partial charge >= 0.3 is 12.2 Å². The molecule has 35 heavy (non-hydrogen) atoms. The topological polar surface area (TPSA) is 76.7 Å². The quantitative estimate of drug-likeness (QED) is 0.236. The second-order valence-electron chi connectivity index (χ2n) is 8.92. The van der Waals surface area contributed by atoms with Crippen molar-refractivity contribution in [3.8, 4) is 0 Å².